The summed E-state index contributed by atoms with van der Waals surface area (Å²) in [4.78, 5) is 12.4. The van der Waals surface area contributed by atoms with E-state index in [0.29, 0.717) is 17.3 Å². The molecule has 0 bridgehead atoms. The van der Waals surface area contributed by atoms with Crippen molar-refractivity contribution in [1.82, 2.24) is 0 Å². The van der Waals surface area contributed by atoms with Crippen LogP contribution < -0.4 is 10.1 Å². The molecular weight excluding hydrogens is 360 g/mol. The predicted octanol–water partition coefficient (Wildman–Crippen LogP) is 5.76. The molecule has 0 radical (unpaired) electrons. The minimum atomic E-state index is -0.470. The normalized spacial score (nSPS) is 11.0. The van der Waals surface area contributed by atoms with Gasteiger partial charge in [-0.1, -0.05) is 49.6 Å². The van der Waals surface area contributed by atoms with Crippen molar-refractivity contribution in [2.45, 2.75) is 33.1 Å². The molecule has 0 saturated carbocycles. The van der Waals surface area contributed by atoms with Gasteiger partial charge < -0.3 is 10.1 Å². The molecule has 1 N–H and O–H groups in total. The molecule has 0 aromatic heterocycles. The zero-order chi connectivity index (χ0) is 19.6. The number of benzene rings is 2. The molecular formula is C22H23ClN2O2. The number of nitriles is 1. The van der Waals surface area contributed by atoms with Gasteiger partial charge in [-0.3, -0.25) is 4.79 Å². The number of rotatable bonds is 8. The van der Waals surface area contributed by atoms with Gasteiger partial charge in [-0.15, -0.1) is 0 Å². The van der Waals surface area contributed by atoms with Gasteiger partial charge in [0.25, 0.3) is 5.91 Å². The lowest BCUT2D eigenvalue weighted by Crippen LogP contribution is -2.14. The molecule has 0 saturated heterocycles. The van der Waals surface area contributed by atoms with E-state index in [4.69, 9.17) is 16.3 Å². The van der Waals surface area contributed by atoms with Gasteiger partial charge in [-0.2, -0.15) is 5.26 Å². The van der Waals surface area contributed by atoms with Gasteiger partial charge >= 0.3 is 0 Å². The highest BCUT2D eigenvalue weighted by molar-refractivity contribution is 6.31. The van der Waals surface area contributed by atoms with Crippen LogP contribution in [0.1, 0.15) is 37.3 Å². The molecule has 5 heteroatoms. The molecule has 0 aliphatic heterocycles. The number of amides is 1. The van der Waals surface area contributed by atoms with E-state index in [9.17, 15) is 10.1 Å². The lowest BCUT2D eigenvalue weighted by atomic mass is 10.1. The predicted molar refractivity (Wildman–Crippen MR) is 110 cm³/mol. The third kappa shape index (κ3) is 6.16. The Kier molecular flexibility index (Phi) is 7.91. The lowest BCUT2D eigenvalue weighted by Gasteiger charge is -2.09. The smallest absolute Gasteiger partial charge is 0.266 e. The van der Waals surface area contributed by atoms with Gasteiger partial charge in [0.1, 0.15) is 17.4 Å². The van der Waals surface area contributed by atoms with Gasteiger partial charge in [0, 0.05) is 10.7 Å². The molecule has 140 valence electrons. The molecule has 27 heavy (non-hydrogen) atoms. The van der Waals surface area contributed by atoms with Crippen LogP contribution in [0.25, 0.3) is 6.08 Å². The van der Waals surface area contributed by atoms with Crippen molar-refractivity contribution in [1.29, 1.82) is 5.26 Å². The molecule has 4 nitrogen and oxygen atoms in total. The van der Waals surface area contributed by atoms with Gasteiger partial charge in [0.15, 0.2) is 0 Å². The van der Waals surface area contributed by atoms with Crippen LogP contribution in [0.5, 0.6) is 5.75 Å². The molecule has 2 aromatic carbocycles. The first-order chi connectivity index (χ1) is 13.0. The van der Waals surface area contributed by atoms with E-state index in [1.165, 1.54) is 0 Å². The summed E-state index contributed by atoms with van der Waals surface area (Å²) >= 11 is 6.07. The number of hydrogen-bond donors (Lipinski definition) is 1. The van der Waals surface area contributed by atoms with E-state index < -0.39 is 5.91 Å². The Bertz CT molecular complexity index is 852. The molecule has 0 fully saturated rings. The standard InChI is InChI=1S/C22H23ClN2O2/c1-3-4-5-13-27-19-11-9-17(10-12-19)14-18(15-24)22(26)25-21-8-6-7-20(23)16(21)2/h6-12,14H,3-5,13H2,1-2H3,(H,25,26)/b18-14+. The van der Waals surface area contributed by atoms with Crippen molar-refractivity contribution >= 4 is 29.3 Å². The van der Waals surface area contributed by atoms with Crippen molar-refractivity contribution in [3.63, 3.8) is 0 Å². The second-order valence-electron chi connectivity index (χ2n) is 6.16. The average Bonchev–Trinajstić information content (AvgIpc) is 2.68. The van der Waals surface area contributed by atoms with Gasteiger partial charge in [0.2, 0.25) is 0 Å². The number of anilines is 1. The minimum Gasteiger partial charge on any atom is -0.494 e. The zero-order valence-corrected chi connectivity index (χ0v) is 16.3. The molecule has 0 unspecified atom stereocenters. The average molecular weight is 383 g/mol. The van der Waals surface area contributed by atoms with E-state index in [1.54, 1.807) is 24.3 Å². The maximum Gasteiger partial charge on any atom is 0.266 e. The highest BCUT2D eigenvalue weighted by Gasteiger charge is 2.12. The fourth-order valence-electron chi connectivity index (χ4n) is 2.45. The molecule has 0 heterocycles. The summed E-state index contributed by atoms with van der Waals surface area (Å²) in [6.07, 6.45) is 4.88. The summed E-state index contributed by atoms with van der Waals surface area (Å²) in [6, 6.07) is 14.5. The summed E-state index contributed by atoms with van der Waals surface area (Å²) in [5.41, 5.74) is 2.12. The van der Waals surface area contributed by atoms with Crippen molar-refractivity contribution in [2.24, 2.45) is 0 Å². The monoisotopic (exact) mass is 382 g/mol. The van der Waals surface area contributed by atoms with Gasteiger partial charge in [-0.05, 0) is 54.8 Å². The van der Waals surface area contributed by atoms with Gasteiger partial charge in [0.05, 0.1) is 6.61 Å². The van der Waals surface area contributed by atoms with Crippen LogP contribution in [0.15, 0.2) is 48.0 Å². The second-order valence-corrected chi connectivity index (χ2v) is 6.57. The van der Waals surface area contributed by atoms with Crippen LogP contribution in [0.2, 0.25) is 5.02 Å². The summed E-state index contributed by atoms with van der Waals surface area (Å²) < 4.78 is 5.67. The number of halogens is 1. The Morgan fingerprint density at radius 1 is 1.22 bits per heavy atom. The lowest BCUT2D eigenvalue weighted by molar-refractivity contribution is -0.112. The molecule has 2 aromatic rings. The number of ether oxygens (including phenoxy) is 1. The summed E-state index contributed by atoms with van der Waals surface area (Å²) in [7, 11) is 0. The molecule has 0 aliphatic rings. The number of nitrogens with zero attached hydrogens (tertiary/aromatic N) is 1. The van der Waals surface area contributed by atoms with Crippen LogP contribution in [0, 0.1) is 18.3 Å². The first-order valence-corrected chi connectivity index (χ1v) is 9.34. The number of unbranched alkanes of at least 4 members (excludes halogenated alkanes) is 2. The Morgan fingerprint density at radius 3 is 2.63 bits per heavy atom. The van der Waals surface area contributed by atoms with Crippen LogP contribution in [-0.2, 0) is 4.79 Å². The fourth-order valence-corrected chi connectivity index (χ4v) is 2.62. The third-order valence-electron chi connectivity index (χ3n) is 4.09. The largest absolute Gasteiger partial charge is 0.494 e. The van der Waals surface area contributed by atoms with E-state index in [0.717, 1.165) is 36.1 Å². The Balaban J connectivity index is 2.05. The summed E-state index contributed by atoms with van der Waals surface area (Å²) in [6.45, 7) is 4.65. The SMILES string of the molecule is CCCCCOc1ccc(/C=C(\C#N)C(=O)Nc2cccc(Cl)c2C)cc1. The van der Waals surface area contributed by atoms with Crippen LogP contribution >= 0.6 is 11.6 Å². The number of nitrogens with one attached hydrogen (secondary N) is 1. The topological polar surface area (TPSA) is 62.1 Å². The Hall–Kier alpha value is -2.77. The van der Waals surface area contributed by atoms with Crippen LogP contribution in [0.3, 0.4) is 0 Å². The van der Waals surface area contributed by atoms with E-state index >= 15 is 0 Å². The first kappa shape index (κ1) is 20.5. The molecule has 0 spiro atoms. The molecule has 2 rings (SSSR count). The Labute approximate surface area is 165 Å². The van der Waals surface area contributed by atoms with Crippen molar-refractivity contribution < 1.29 is 9.53 Å². The maximum absolute atomic E-state index is 12.4. The summed E-state index contributed by atoms with van der Waals surface area (Å²) in [5, 5.41) is 12.6. The van der Waals surface area contributed by atoms with E-state index in [-0.39, 0.29) is 5.57 Å². The van der Waals surface area contributed by atoms with E-state index in [1.807, 2.05) is 37.3 Å². The first-order valence-electron chi connectivity index (χ1n) is 8.96. The van der Waals surface area contributed by atoms with Crippen LogP contribution in [-0.4, -0.2) is 12.5 Å². The van der Waals surface area contributed by atoms with Crippen molar-refractivity contribution in [2.75, 3.05) is 11.9 Å². The molecule has 1 amide bonds. The zero-order valence-electron chi connectivity index (χ0n) is 15.6. The fraction of sp³-hybridized carbons (Fsp3) is 0.273. The second kappa shape index (κ2) is 10.4. The maximum atomic E-state index is 12.4. The third-order valence-corrected chi connectivity index (χ3v) is 4.50. The minimum absolute atomic E-state index is 0.0194. The number of carbonyl (C=O) groups is 1. The van der Waals surface area contributed by atoms with Gasteiger partial charge in [-0.25, -0.2) is 0 Å². The molecule has 0 aliphatic carbocycles. The number of carbonyl (C=O) groups excluding carboxylic acids is 1. The highest BCUT2D eigenvalue weighted by atomic mass is 35.5. The number of hydrogen-bond acceptors (Lipinski definition) is 3. The highest BCUT2D eigenvalue weighted by Crippen LogP contribution is 2.23. The quantitative estimate of drug-likeness (QED) is 0.358. The summed E-state index contributed by atoms with van der Waals surface area (Å²) in [5.74, 6) is 0.309. The van der Waals surface area contributed by atoms with Crippen molar-refractivity contribution in [3.05, 3.63) is 64.2 Å². The Morgan fingerprint density at radius 2 is 1.96 bits per heavy atom. The molecule has 0 atom stereocenters. The van der Waals surface area contributed by atoms with Crippen molar-refractivity contribution in [3.8, 4) is 11.8 Å². The van der Waals surface area contributed by atoms with E-state index in [2.05, 4.69) is 12.2 Å². The van der Waals surface area contributed by atoms with Crippen LogP contribution in [0.4, 0.5) is 5.69 Å².